The van der Waals surface area contributed by atoms with Crippen LogP contribution in [-0.4, -0.2) is 33.1 Å². The topological polar surface area (TPSA) is 60.7 Å². The second kappa shape index (κ2) is 7.89. The van der Waals surface area contributed by atoms with Crippen LogP contribution in [0, 0.1) is 40.4 Å². The molecule has 4 aliphatic carbocycles. The van der Waals surface area contributed by atoms with Crippen molar-refractivity contribution < 1.29 is 15.3 Å². The van der Waals surface area contributed by atoms with Crippen LogP contribution < -0.4 is 0 Å². The first-order valence-corrected chi connectivity index (χ1v) is 12.8. The molecule has 4 aliphatic rings. The van der Waals surface area contributed by atoms with E-state index in [0.717, 1.165) is 50.0 Å². The van der Waals surface area contributed by atoms with Crippen LogP contribution in [0.15, 0.2) is 11.6 Å². The first-order chi connectivity index (χ1) is 14.0. The Hall–Kier alpha value is -0.380. The first-order valence-electron chi connectivity index (χ1n) is 12.8. The predicted octanol–water partition coefficient (Wildman–Crippen LogP) is 5.47. The SMILES string of the molecule is CC(C)CCC[C@@H](C)[C@H]1CC[C@@]2(O)C3=C[C@H](O)[C@@H]4C[C@@H](O)CC[C@]4(C)[C@H]3CC[C@]12C. The zero-order valence-corrected chi connectivity index (χ0v) is 20.0. The molecule has 3 saturated carbocycles. The molecule has 0 heterocycles. The maximum atomic E-state index is 12.2. The molecule has 30 heavy (non-hydrogen) atoms. The summed E-state index contributed by atoms with van der Waals surface area (Å²) in [6, 6.07) is 0. The van der Waals surface area contributed by atoms with Crippen molar-refractivity contribution in [1.29, 1.82) is 0 Å². The van der Waals surface area contributed by atoms with E-state index in [0.29, 0.717) is 24.2 Å². The third kappa shape index (κ3) is 3.33. The second-order valence-electron chi connectivity index (χ2n) is 12.5. The third-order valence-corrected chi connectivity index (χ3v) is 10.5. The normalized spacial score (nSPS) is 49.2. The summed E-state index contributed by atoms with van der Waals surface area (Å²) in [4.78, 5) is 0. The third-order valence-electron chi connectivity index (χ3n) is 10.5. The molecular formula is C27H46O3. The molecule has 0 bridgehead atoms. The van der Waals surface area contributed by atoms with E-state index in [2.05, 4.69) is 34.6 Å². The van der Waals surface area contributed by atoms with E-state index >= 15 is 0 Å². The van der Waals surface area contributed by atoms with Crippen molar-refractivity contribution in [2.45, 2.75) is 117 Å². The Bertz CT molecular complexity index is 671. The van der Waals surface area contributed by atoms with Crippen molar-refractivity contribution in [3.05, 3.63) is 11.6 Å². The van der Waals surface area contributed by atoms with Gasteiger partial charge < -0.3 is 15.3 Å². The Morgan fingerprint density at radius 1 is 1.00 bits per heavy atom. The van der Waals surface area contributed by atoms with E-state index in [-0.39, 0.29) is 22.9 Å². The summed E-state index contributed by atoms with van der Waals surface area (Å²) in [6.45, 7) is 11.7. The number of rotatable bonds is 5. The highest BCUT2D eigenvalue weighted by Crippen LogP contribution is 2.68. The minimum atomic E-state index is -0.766. The predicted molar refractivity (Wildman–Crippen MR) is 122 cm³/mol. The molecule has 172 valence electrons. The summed E-state index contributed by atoms with van der Waals surface area (Å²) in [7, 11) is 0. The van der Waals surface area contributed by atoms with Crippen LogP contribution in [0.25, 0.3) is 0 Å². The molecule has 4 rings (SSSR count). The van der Waals surface area contributed by atoms with Crippen LogP contribution in [-0.2, 0) is 0 Å². The second-order valence-corrected chi connectivity index (χ2v) is 12.5. The maximum Gasteiger partial charge on any atom is 0.0916 e. The van der Waals surface area contributed by atoms with Crippen LogP contribution in [0.3, 0.4) is 0 Å². The van der Waals surface area contributed by atoms with Gasteiger partial charge in [-0.2, -0.15) is 0 Å². The van der Waals surface area contributed by atoms with Crippen molar-refractivity contribution in [1.82, 2.24) is 0 Å². The molecule has 0 saturated heterocycles. The summed E-state index contributed by atoms with van der Waals surface area (Å²) >= 11 is 0. The van der Waals surface area contributed by atoms with Gasteiger partial charge in [0.25, 0.3) is 0 Å². The molecule has 3 nitrogen and oxygen atoms in total. The molecule has 9 atom stereocenters. The quantitative estimate of drug-likeness (QED) is 0.519. The van der Waals surface area contributed by atoms with Crippen LogP contribution in [0.2, 0.25) is 0 Å². The number of hydrogen-bond acceptors (Lipinski definition) is 3. The Morgan fingerprint density at radius 3 is 2.43 bits per heavy atom. The fraction of sp³-hybridized carbons (Fsp3) is 0.926. The molecule has 0 aromatic carbocycles. The average Bonchev–Trinajstić information content (AvgIpc) is 2.95. The molecule has 3 heteroatoms. The van der Waals surface area contributed by atoms with Gasteiger partial charge in [0.2, 0.25) is 0 Å². The van der Waals surface area contributed by atoms with Gasteiger partial charge in [0.1, 0.15) is 0 Å². The number of aliphatic hydroxyl groups excluding tert-OH is 2. The fourth-order valence-electron chi connectivity index (χ4n) is 8.54. The van der Waals surface area contributed by atoms with E-state index < -0.39 is 11.7 Å². The summed E-state index contributed by atoms with van der Waals surface area (Å²) in [5.74, 6) is 2.44. The highest BCUT2D eigenvalue weighted by molar-refractivity contribution is 5.36. The Morgan fingerprint density at radius 2 is 1.73 bits per heavy atom. The molecule has 3 N–H and O–H groups in total. The Kier molecular flexibility index (Phi) is 5.99. The molecule has 0 aromatic heterocycles. The number of aliphatic hydroxyl groups is 3. The number of fused-ring (bicyclic) bond motifs is 5. The van der Waals surface area contributed by atoms with Gasteiger partial charge in [-0.05, 0) is 85.5 Å². The van der Waals surface area contributed by atoms with Crippen molar-refractivity contribution in [3.8, 4) is 0 Å². The first kappa shape index (κ1) is 22.8. The monoisotopic (exact) mass is 418 g/mol. The summed E-state index contributed by atoms with van der Waals surface area (Å²) < 4.78 is 0. The molecule has 0 aromatic rings. The Balaban J connectivity index is 1.60. The van der Waals surface area contributed by atoms with Crippen LogP contribution >= 0.6 is 0 Å². The van der Waals surface area contributed by atoms with Crippen LogP contribution in [0.5, 0.6) is 0 Å². The zero-order chi connectivity index (χ0) is 21.9. The summed E-state index contributed by atoms with van der Waals surface area (Å²) in [5.41, 5.74) is 0.318. The Labute approximate surface area is 184 Å². The van der Waals surface area contributed by atoms with Gasteiger partial charge in [-0.15, -0.1) is 0 Å². The van der Waals surface area contributed by atoms with E-state index in [1.165, 1.54) is 19.3 Å². The highest BCUT2D eigenvalue weighted by Gasteiger charge is 2.66. The summed E-state index contributed by atoms with van der Waals surface area (Å²) in [6.07, 6.45) is 11.7. The van der Waals surface area contributed by atoms with Gasteiger partial charge in [0, 0.05) is 5.41 Å². The maximum absolute atomic E-state index is 12.2. The lowest BCUT2D eigenvalue weighted by Crippen LogP contribution is -2.60. The van der Waals surface area contributed by atoms with Crippen molar-refractivity contribution in [3.63, 3.8) is 0 Å². The minimum Gasteiger partial charge on any atom is -0.393 e. The molecule has 0 aliphatic heterocycles. The standard InChI is InChI=1S/C27H46O3/c1-17(2)7-6-8-18(3)20-11-14-27(30)22-16-24(29)23-15-19(28)9-12-25(23,4)21(22)10-13-26(20,27)5/h16-21,23-24,28-30H,6-15H2,1-5H3/t18-,19+,20-,21+,23+,24+,25-,26-,27-/m1/s1. The van der Waals surface area contributed by atoms with E-state index in [1.807, 2.05) is 6.08 Å². The lowest BCUT2D eigenvalue weighted by atomic mass is 9.46. The highest BCUT2D eigenvalue weighted by atomic mass is 16.3. The lowest BCUT2D eigenvalue weighted by Gasteiger charge is -2.61. The van der Waals surface area contributed by atoms with Gasteiger partial charge in [0.05, 0.1) is 17.8 Å². The van der Waals surface area contributed by atoms with E-state index in [9.17, 15) is 15.3 Å². The van der Waals surface area contributed by atoms with E-state index in [4.69, 9.17) is 0 Å². The van der Waals surface area contributed by atoms with Crippen LogP contribution in [0.4, 0.5) is 0 Å². The van der Waals surface area contributed by atoms with Gasteiger partial charge >= 0.3 is 0 Å². The average molecular weight is 419 g/mol. The van der Waals surface area contributed by atoms with Gasteiger partial charge in [-0.25, -0.2) is 0 Å². The molecule has 3 fully saturated rings. The minimum absolute atomic E-state index is 0.000751. The van der Waals surface area contributed by atoms with Crippen LogP contribution in [0.1, 0.15) is 98.8 Å². The molecule has 0 unspecified atom stereocenters. The van der Waals surface area contributed by atoms with Gasteiger partial charge in [0.15, 0.2) is 0 Å². The molecular weight excluding hydrogens is 372 g/mol. The zero-order valence-electron chi connectivity index (χ0n) is 20.0. The largest absolute Gasteiger partial charge is 0.393 e. The van der Waals surface area contributed by atoms with Gasteiger partial charge in [-0.3, -0.25) is 0 Å². The molecule has 0 radical (unpaired) electrons. The number of hydrogen-bond donors (Lipinski definition) is 3. The summed E-state index contributed by atoms with van der Waals surface area (Å²) in [5, 5.41) is 33.6. The van der Waals surface area contributed by atoms with Crippen molar-refractivity contribution in [2.24, 2.45) is 40.4 Å². The van der Waals surface area contributed by atoms with Crippen molar-refractivity contribution >= 4 is 0 Å². The molecule has 0 spiro atoms. The molecule has 0 amide bonds. The fourth-order valence-corrected chi connectivity index (χ4v) is 8.54. The lowest BCUT2D eigenvalue weighted by molar-refractivity contribution is -0.129. The van der Waals surface area contributed by atoms with Crippen molar-refractivity contribution in [2.75, 3.05) is 0 Å². The smallest absolute Gasteiger partial charge is 0.0916 e. The van der Waals surface area contributed by atoms with Gasteiger partial charge in [-0.1, -0.05) is 60.0 Å². The van der Waals surface area contributed by atoms with E-state index in [1.54, 1.807) is 0 Å².